The minimum atomic E-state index is -0.382. The van der Waals surface area contributed by atoms with Gasteiger partial charge in [0.25, 0.3) is 5.91 Å². The number of para-hydroxylation sites is 1. The second-order valence-corrected chi connectivity index (χ2v) is 8.66. The second kappa shape index (κ2) is 11.6. The lowest BCUT2D eigenvalue weighted by atomic mass is 10.1. The molecule has 11 nitrogen and oxygen atoms in total. The van der Waals surface area contributed by atoms with Gasteiger partial charge in [0.05, 0.1) is 24.2 Å². The molecule has 0 atom stereocenters. The van der Waals surface area contributed by atoms with E-state index in [0.717, 1.165) is 32.8 Å². The van der Waals surface area contributed by atoms with Gasteiger partial charge in [-0.25, -0.2) is 4.79 Å². The van der Waals surface area contributed by atoms with E-state index in [2.05, 4.69) is 26.0 Å². The van der Waals surface area contributed by atoms with Crippen molar-refractivity contribution < 1.29 is 23.6 Å². The van der Waals surface area contributed by atoms with Gasteiger partial charge in [0, 0.05) is 36.7 Å². The Morgan fingerprint density at radius 1 is 0.895 bits per heavy atom. The zero-order valence-electron chi connectivity index (χ0n) is 20.6. The van der Waals surface area contributed by atoms with E-state index < -0.39 is 0 Å². The topological polar surface area (TPSA) is 144 Å². The van der Waals surface area contributed by atoms with Gasteiger partial charge in [-0.1, -0.05) is 23.4 Å². The largest absolute Gasteiger partial charge is 0.488 e. The standard InChI is InChI=1S/C27H28N6O5/c28-25-23-21(10-11-22(24(23)38-32-25)37-17-14-33-12-15-36-16-13-33)26(34)29-19-6-8-20(9-7-19)31-27(35)30-18-4-2-1-3-5-18/h1-11H,12-17H2,(H2,28,32)(H,29,34)(H2,30,31,35). The number of urea groups is 1. The molecule has 11 heteroatoms. The zero-order chi connectivity index (χ0) is 26.3. The van der Waals surface area contributed by atoms with Gasteiger partial charge in [-0.05, 0) is 48.5 Å². The number of benzene rings is 3. The van der Waals surface area contributed by atoms with Crippen molar-refractivity contribution in [3.63, 3.8) is 0 Å². The van der Waals surface area contributed by atoms with Crippen molar-refractivity contribution in [3.8, 4) is 5.75 Å². The van der Waals surface area contributed by atoms with E-state index in [0.29, 0.717) is 46.0 Å². The van der Waals surface area contributed by atoms with Crippen LogP contribution in [0.4, 0.5) is 27.7 Å². The average molecular weight is 517 g/mol. The maximum Gasteiger partial charge on any atom is 0.323 e. The number of ether oxygens (including phenoxy) is 2. The Morgan fingerprint density at radius 3 is 2.26 bits per heavy atom. The van der Waals surface area contributed by atoms with Crippen molar-refractivity contribution in [3.05, 3.63) is 72.3 Å². The zero-order valence-corrected chi connectivity index (χ0v) is 20.6. The van der Waals surface area contributed by atoms with Gasteiger partial charge in [0.2, 0.25) is 5.58 Å². The number of anilines is 4. The number of hydrogen-bond acceptors (Lipinski definition) is 8. The molecule has 3 aromatic carbocycles. The molecule has 38 heavy (non-hydrogen) atoms. The fourth-order valence-corrected chi connectivity index (χ4v) is 4.11. The minimum Gasteiger partial charge on any atom is -0.488 e. The Labute approximate surface area is 218 Å². The van der Waals surface area contributed by atoms with Crippen LogP contribution in [0.2, 0.25) is 0 Å². The molecule has 0 spiro atoms. The predicted octanol–water partition coefficient (Wildman–Crippen LogP) is 4.02. The average Bonchev–Trinajstić information content (AvgIpc) is 3.33. The highest BCUT2D eigenvalue weighted by atomic mass is 16.5. The number of nitrogens with one attached hydrogen (secondary N) is 3. The first-order chi connectivity index (χ1) is 18.6. The van der Waals surface area contributed by atoms with Crippen LogP contribution in [-0.2, 0) is 4.74 Å². The van der Waals surface area contributed by atoms with Crippen molar-refractivity contribution >= 4 is 45.8 Å². The highest BCUT2D eigenvalue weighted by Crippen LogP contribution is 2.33. The molecule has 1 aromatic heterocycles. The molecule has 1 fully saturated rings. The smallest absolute Gasteiger partial charge is 0.323 e. The summed E-state index contributed by atoms with van der Waals surface area (Å²) < 4.78 is 16.7. The van der Waals surface area contributed by atoms with E-state index in [-0.39, 0.29) is 17.8 Å². The van der Waals surface area contributed by atoms with Crippen LogP contribution in [-0.4, -0.2) is 61.4 Å². The second-order valence-electron chi connectivity index (χ2n) is 8.66. The number of fused-ring (bicyclic) bond motifs is 1. The summed E-state index contributed by atoms with van der Waals surface area (Å²) in [6, 6.07) is 18.8. The van der Waals surface area contributed by atoms with Crippen LogP contribution in [0.1, 0.15) is 10.4 Å². The molecule has 1 aliphatic heterocycles. The number of nitrogens with zero attached hydrogens (tertiary/aromatic N) is 2. The summed E-state index contributed by atoms with van der Waals surface area (Å²) in [7, 11) is 0. The maximum atomic E-state index is 13.1. The number of aromatic nitrogens is 1. The quantitative estimate of drug-likeness (QED) is 0.275. The number of morpholine rings is 1. The SMILES string of the molecule is Nc1noc2c(OCCN3CCOCC3)ccc(C(=O)Nc3ccc(NC(=O)Nc4ccccc4)cc3)c12. The van der Waals surface area contributed by atoms with Crippen LogP contribution in [0.5, 0.6) is 5.75 Å². The van der Waals surface area contributed by atoms with Crippen LogP contribution in [0, 0.1) is 0 Å². The fraction of sp³-hybridized carbons (Fsp3) is 0.222. The molecule has 1 saturated heterocycles. The number of amides is 3. The maximum absolute atomic E-state index is 13.1. The third-order valence-electron chi connectivity index (χ3n) is 6.06. The van der Waals surface area contributed by atoms with E-state index in [1.165, 1.54) is 0 Å². The highest BCUT2D eigenvalue weighted by molar-refractivity contribution is 6.15. The lowest BCUT2D eigenvalue weighted by Crippen LogP contribution is -2.38. The molecule has 0 unspecified atom stereocenters. The lowest BCUT2D eigenvalue weighted by Gasteiger charge is -2.26. The summed E-state index contributed by atoms with van der Waals surface area (Å²) in [6.45, 7) is 4.36. The first-order valence-corrected chi connectivity index (χ1v) is 12.2. The summed E-state index contributed by atoms with van der Waals surface area (Å²) in [6.07, 6.45) is 0. The molecule has 3 amide bonds. The van der Waals surface area contributed by atoms with Gasteiger partial charge in [-0.3, -0.25) is 9.69 Å². The molecule has 1 aliphatic rings. The van der Waals surface area contributed by atoms with Crippen LogP contribution in [0.3, 0.4) is 0 Å². The van der Waals surface area contributed by atoms with E-state index >= 15 is 0 Å². The van der Waals surface area contributed by atoms with Gasteiger partial charge in [0.1, 0.15) is 6.61 Å². The van der Waals surface area contributed by atoms with E-state index in [1.54, 1.807) is 48.5 Å². The Balaban J connectivity index is 1.21. The molecular formula is C27H28N6O5. The number of carbonyl (C=O) groups is 2. The first kappa shape index (κ1) is 25.1. The molecule has 0 aliphatic carbocycles. The Morgan fingerprint density at radius 2 is 1.55 bits per heavy atom. The lowest BCUT2D eigenvalue weighted by molar-refractivity contribution is 0.0322. The van der Waals surface area contributed by atoms with Crippen molar-refractivity contribution in [2.24, 2.45) is 0 Å². The van der Waals surface area contributed by atoms with Crippen molar-refractivity contribution in [2.45, 2.75) is 0 Å². The molecule has 5 N–H and O–H groups in total. The fourth-order valence-electron chi connectivity index (χ4n) is 4.11. The highest BCUT2D eigenvalue weighted by Gasteiger charge is 2.21. The summed E-state index contributed by atoms with van der Waals surface area (Å²) in [5.41, 5.74) is 8.46. The number of nitrogen functional groups attached to an aromatic ring is 1. The molecule has 4 aromatic rings. The van der Waals surface area contributed by atoms with E-state index in [4.69, 9.17) is 19.7 Å². The van der Waals surface area contributed by atoms with Gasteiger partial charge in [0.15, 0.2) is 11.6 Å². The van der Waals surface area contributed by atoms with Gasteiger partial charge in [-0.15, -0.1) is 0 Å². The summed E-state index contributed by atoms with van der Waals surface area (Å²) >= 11 is 0. The van der Waals surface area contributed by atoms with E-state index in [9.17, 15) is 9.59 Å². The van der Waals surface area contributed by atoms with Crippen LogP contribution >= 0.6 is 0 Å². The third kappa shape index (κ3) is 6.02. The Kier molecular flexibility index (Phi) is 7.67. The number of rotatable bonds is 8. The Bertz CT molecular complexity index is 1400. The van der Waals surface area contributed by atoms with Crippen LogP contribution in [0.25, 0.3) is 11.0 Å². The van der Waals surface area contributed by atoms with Gasteiger partial charge < -0.3 is 35.7 Å². The number of carbonyl (C=O) groups excluding carboxylic acids is 2. The minimum absolute atomic E-state index is 0.104. The molecular weight excluding hydrogens is 488 g/mol. The monoisotopic (exact) mass is 516 g/mol. The molecule has 0 saturated carbocycles. The first-order valence-electron chi connectivity index (χ1n) is 12.2. The third-order valence-corrected chi connectivity index (χ3v) is 6.06. The molecule has 0 bridgehead atoms. The number of hydrogen-bond donors (Lipinski definition) is 4. The van der Waals surface area contributed by atoms with Gasteiger partial charge >= 0.3 is 6.03 Å². The summed E-state index contributed by atoms with van der Waals surface area (Å²) in [4.78, 5) is 27.6. The van der Waals surface area contributed by atoms with E-state index in [1.807, 2.05) is 18.2 Å². The predicted molar refractivity (Wildman–Crippen MR) is 145 cm³/mol. The van der Waals surface area contributed by atoms with Crippen LogP contribution in [0.15, 0.2) is 71.3 Å². The molecule has 5 rings (SSSR count). The van der Waals surface area contributed by atoms with Crippen LogP contribution < -0.4 is 26.4 Å². The summed E-state index contributed by atoms with van der Waals surface area (Å²) in [5, 5.41) is 12.6. The number of nitrogens with two attached hydrogens (primary N) is 1. The molecule has 2 heterocycles. The van der Waals surface area contributed by atoms with Crippen molar-refractivity contribution in [2.75, 3.05) is 61.1 Å². The van der Waals surface area contributed by atoms with Crippen molar-refractivity contribution in [1.82, 2.24) is 10.1 Å². The molecule has 196 valence electrons. The Hall–Kier alpha value is -4.61. The normalized spacial score (nSPS) is 13.7. The summed E-state index contributed by atoms with van der Waals surface area (Å²) in [5.74, 6) is 0.193. The molecule has 0 radical (unpaired) electrons. The van der Waals surface area contributed by atoms with Crippen molar-refractivity contribution in [1.29, 1.82) is 0 Å². The van der Waals surface area contributed by atoms with Gasteiger partial charge in [-0.2, -0.15) is 0 Å².